The van der Waals surface area contributed by atoms with Crippen molar-refractivity contribution in [2.75, 3.05) is 26.2 Å². The monoisotopic (exact) mass is 446 g/mol. The third-order valence-corrected chi connectivity index (χ3v) is 8.19. The van der Waals surface area contributed by atoms with Crippen LogP contribution in [0, 0.1) is 23.2 Å². The highest BCUT2D eigenvalue weighted by molar-refractivity contribution is 5.84. The molecule has 1 heterocycles. The van der Waals surface area contributed by atoms with Crippen molar-refractivity contribution in [1.29, 1.82) is 0 Å². The highest BCUT2D eigenvalue weighted by atomic mass is 19.3. The van der Waals surface area contributed by atoms with Crippen LogP contribution in [0.3, 0.4) is 0 Å². The summed E-state index contributed by atoms with van der Waals surface area (Å²) in [5.41, 5.74) is 0.803. The summed E-state index contributed by atoms with van der Waals surface area (Å²) >= 11 is 0. The molecule has 5 fully saturated rings. The van der Waals surface area contributed by atoms with E-state index < -0.39 is 6.61 Å². The minimum absolute atomic E-state index is 0.0832. The first-order valence-electron chi connectivity index (χ1n) is 12.0. The molecule has 174 valence electrons. The first-order chi connectivity index (χ1) is 15.4. The third-order valence-electron chi connectivity index (χ3n) is 8.19. The van der Waals surface area contributed by atoms with Crippen LogP contribution in [0.4, 0.5) is 8.78 Å². The molecule has 7 heteroatoms. The molecule has 6 rings (SSSR count). The van der Waals surface area contributed by atoms with Crippen LogP contribution in [0.25, 0.3) is 0 Å². The average Bonchev–Trinajstić information content (AvgIpc) is 2.77. The van der Waals surface area contributed by atoms with E-state index in [9.17, 15) is 18.4 Å². The fourth-order valence-corrected chi connectivity index (χ4v) is 7.11. The molecular formula is C25H32F2N2O3. The van der Waals surface area contributed by atoms with Gasteiger partial charge in [0.2, 0.25) is 11.8 Å². The predicted molar refractivity (Wildman–Crippen MR) is 115 cm³/mol. The van der Waals surface area contributed by atoms with E-state index >= 15 is 0 Å². The Labute approximate surface area is 188 Å². The number of amides is 2. The number of carbonyl (C=O) groups is 2. The SMILES string of the molecule is O=C(CCc1ccc(OC(F)F)cc1)N1CCN(C(=O)C23CC4CC(CC(C4)C2)C3)CC1. The van der Waals surface area contributed by atoms with E-state index in [1.165, 1.54) is 31.4 Å². The highest BCUT2D eigenvalue weighted by Gasteiger charge is 2.55. The molecule has 1 aliphatic heterocycles. The van der Waals surface area contributed by atoms with E-state index in [0.29, 0.717) is 44.9 Å². The first kappa shape index (κ1) is 21.7. The Kier molecular flexibility index (Phi) is 5.84. The normalized spacial score (nSPS) is 31.3. The van der Waals surface area contributed by atoms with Crippen LogP contribution in [0.2, 0.25) is 0 Å². The van der Waals surface area contributed by atoms with Gasteiger partial charge in [-0.2, -0.15) is 8.78 Å². The molecule has 1 aromatic rings. The number of alkyl halides is 2. The van der Waals surface area contributed by atoms with E-state index in [4.69, 9.17) is 0 Å². The number of benzene rings is 1. The lowest BCUT2D eigenvalue weighted by Crippen LogP contribution is -2.58. The standard InChI is InChI=1S/C25H32F2N2O3/c26-24(27)32-21-4-1-17(2-5-21)3-6-22(30)28-7-9-29(10-8-28)23(31)25-14-18-11-19(15-25)13-20(12-18)16-25/h1-2,4-5,18-20,24H,3,6-16H2. The Morgan fingerprint density at radius 3 is 1.97 bits per heavy atom. The summed E-state index contributed by atoms with van der Waals surface area (Å²) in [6.07, 6.45) is 8.16. The summed E-state index contributed by atoms with van der Waals surface area (Å²) in [5, 5.41) is 0. The van der Waals surface area contributed by atoms with Crippen LogP contribution in [-0.4, -0.2) is 54.4 Å². The quantitative estimate of drug-likeness (QED) is 0.661. The molecule has 32 heavy (non-hydrogen) atoms. The number of hydrogen-bond donors (Lipinski definition) is 0. The summed E-state index contributed by atoms with van der Waals surface area (Å²) in [6, 6.07) is 6.43. The third kappa shape index (κ3) is 4.35. The van der Waals surface area contributed by atoms with Gasteiger partial charge in [-0.3, -0.25) is 9.59 Å². The van der Waals surface area contributed by atoms with Gasteiger partial charge in [0.15, 0.2) is 0 Å². The number of aryl methyl sites for hydroxylation is 1. The Balaban J connectivity index is 1.10. The minimum Gasteiger partial charge on any atom is -0.435 e. The largest absolute Gasteiger partial charge is 0.435 e. The van der Waals surface area contributed by atoms with E-state index in [-0.39, 0.29) is 17.1 Å². The number of halogens is 2. The second-order valence-electron chi connectivity index (χ2n) is 10.4. The van der Waals surface area contributed by atoms with Crippen molar-refractivity contribution < 1.29 is 23.1 Å². The summed E-state index contributed by atoms with van der Waals surface area (Å²) in [6.45, 7) is -0.385. The van der Waals surface area contributed by atoms with Crippen LogP contribution in [0.15, 0.2) is 24.3 Å². The molecule has 0 radical (unpaired) electrons. The van der Waals surface area contributed by atoms with Crippen molar-refractivity contribution in [2.45, 2.75) is 58.0 Å². The van der Waals surface area contributed by atoms with E-state index in [0.717, 1.165) is 42.6 Å². The van der Waals surface area contributed by atoms with Crippen LogP contribution in [-0.2, 0) is 16.0 Å². The fraction of sp³-hybridized carbons (Fsp3) is 0.680. The topological polar surface area (TPSA) is 49.9 Å². The number of piperazine rings is 1. The summed E-state index contributed by atoms with van der Waals surface area (Å²) in [4.78, 5) is 30.1. The molecule has 2 amide bonds. The number of rotatable bonds is 6. The number of hydrogen-bond acceptors (Lipinski definition) is 3. The van der Waals surface area contributed by atoms with Crippen molar-refractivity contribution in [1.82, 2.24) is 9.80 Å². The summed E-state index contributed by atoms with van der Waals surface area (Å²) < 4.78 is 28.9. The Hall–Kier alpha value is -2.18. The van der Waals surface area contributed by atoms with Crippen LogP contribution in [0.1, 0.15) is 50.5 Å². The van der Waals surface area contributed by atoms with Crippen LogP contribution < -0.4 is 4.74 Å². The highest BCUT2D eigenvalue weighted by Crippen LogP contribution is 2.60. The molecule has 0 aromatic heterocycles. The van der Waals surface area contributed by atoms with Gasteiger partial charge in [0.1, 0.15) is 5.75 Å². The molecule has 4 aliphatic carbocycles. The molecule has 1 aromatic carbocycles. The molecule has 0 spiro atoms. The molecule has 5 nitrogen and oxygen atoms in total. The lowest BCUT2D eigenvalue weighted by Gasteiger charge is -2.57. The maximum Gasteiger partial charge on any atom is 0.387 e. The Bertz CT molecular complexity index is 814. The van der Waals surface area contributed by atoms with E-state index in [1.54, 1.807) is 12.1 Å². The van der Waals surface area contributed by atoms with Crippen molar-refractivity contribution in [3.05, 3.63) is 29.8 Å². The lowest BCUT2D eigenvalue weighted by atomic mass is 9.49. The zero-order chi connectivity index (χ0) is 22.3. The van der Waals surface area contributed by atoms with Crippen molar-refractivity contribution in [3.8, 4) is 5.75 Å². The van der Waals surface area contributed by atoms with Crippen LogP contribution in [0.5, 0.6) is 5.75 Å². The van der Waals surface area contributed by atoms with E-state index in [2.05, 4.69) is 4.74 Å². The molecule has 4 saturated carbocycles. The molecule has 0 unspecified atom stereocenters. The lowest BCUT2D eigenvalue weighted by molar-refractivity contribution is -0.160. The van der Waals surface area contributed by atoms with Gasteiger partial charge in [-0.05, 0) is 80.4 Å². The van der Waals surface area contributed by atoms with Gasteiger partial charge in [-0.25, -0.2) is 0 Å². The van der Waals surface area contributed by atoms with Gasteiger partial charge >= 0.3 is 6.61 Å². The van der Waals surface area contributed by atoms with Crippen molar-refractivity contribution >= 4 is 11.8 Å². The summed E-state index contributed by atoms with van der Waals surface area (Å²) in [7, 11) is 0. The van der Waals surface area contributed by atoms with Gasteiger partial charge in [0.25, 0.3) is 0 Å². The predicted octanol–water partition coefficient (Wildman–Crippen LogP) is 4.11. The molecule has 5 aliphatic rings. The fourth-order valence-electron chi connectivity index (χ4n) is 7.11. The maximum absolute atomic E-state index is 13.5. The Morgan fingerprint density at radius 2 is 1.44 bits per heavy atom. The molecule has 4 bridgehead atoms. The molecule has 1 saturated heterocycles. The summed E-state index contributed by atoms with van der Waals surface area (Å²) in [5.74, 6) is 2.82. The Morgan fingerprint density at radius 1 is 0.906 bits per heavy atom. The van der Waals surface area contributed by atoms with Gasteiger partial charge in [0, 0.05) is 32.6 Å². The molecule has 0 N–H and O–H groups in total. The molecule has 0 atom stereocenters. The van der Waals surface area contributed by atoms with Gasteiger partial charge in [-0.15, -0.1) is 0 Å². The van der Waals surface area contributed by atoms with Gasteiger partial charge < -0.3 is 14.5 Å². The van der Waals surface area contributed by atoms with Gasteiger partial charge in [0.05, 0.1) is 5.41 Å². The van der Waals surface area contributed by atoms with Gasteiger partial charge in [-0.1, -0.05) is 12.1 Å². The smallest absolute Gasteiger partial charge is 0.387 e. The second-order valence-corrected chi connectivity index (χ2v) is 10.4. The second kappa shape index (κ2) is 8.64. The number of carbonyl (C=O) groups excluding carboxylic acids is 2. The number of ether oxygens (including phenoxy) is 1. The zero-order valence-electron chi connectivity index (χ0n) is 18.5. The van der Waals surface area contributed by atoms with E-state index in [1.807, 2.05) is 9.80 Å². The van der Waals surface area contributed by atoms with Crippen molar-refractivity contribution in [3.63, 3.8) is 0 Å². The van der Waals surface area contributed by atoms with Crippen molar-refractivity contribution in [2.24, 2.45) is 23.2 Å². The first-order valence-corrected chi connectivity index (χ1v) is 12.0. The number of nitrogens with zero attached hydrogens (tertiary/aromatic N) is 2. The zero-order valence-corrected chi connectivity index (χ0v) is 18.5. The minimum atomic E-state index is -2.84. The average molecular weight is 447 g/mol. The van der Waals surface area contributed by atoms with Crippen LogP contribution >= 0.6 is 0 Å². The molecular weight excluding hydrogens is 414 g/mol. The maximum atomic E-state index is 13.5.